The van der Waals surface area contributed by atoms with Crippen molar-refractivity contribution in [3.63, 3.8) is 0 Å². The molecule has 0 spiro atoms. The summed E-state index contributed by atoms with van der Waals surface area (Å²) in [5.74, 6) is 0. The molecule has 3 aliphatic rings. The molecular formula is C61H47BN2O. The molecule has 13 rings (SSSR count). The maximum atomic E-state index is 6.52. The van der Waals surface area contributed by atoms with E-state index in [4.69, 9.17) is 4.42 Å². The molecule has 2 aliphatic heterocycles. The maximum absolute atomic E-state index is 6.52. The van der Waals surface area contributed by atoms with Crippen LogP contribution in [0.5, 0.6) is 0 Å². The van der Waals surface area contributed by atoms with Crippen molar-refractivity contribution in [2.45, 2.75) is 45.4 Å². The molecule has 9 aromatic carbocycles. The molecular weight excluding hydrogens is 787 g/mol. The van der Waals surface area contributed by atoms with Crippen molar-refractivity contribution in [1.82, 2.24) is 0 Å². The van der Waals surface area contributed by atoms with Crippen molar-refractivity contribution < 1.29 is 4.42 Å². The average Bonchev–Trinajstić information content (AvgIpc) is 3.83. The van der Waals surface area contributed by atoms with Crippen LogP contribution in [0.1, 0.15) is 51.3 Å². The highest BCUT2D eigenvalue weighted by molar-refractivity contribution is 7.00. The highest BCUT2D eigenvalue weighted by Gasteiger charge is 2.44. The normalized spacial score (nSPS) is 14.3. The third-order valence-corrected chi connectivity index (χ3v) is 14.6. The van der Waals surface area contributed by atoms with E-state index in [1.54, 1.807) is 0 Å². The van der Waals surface area contributed by atoms with Crippen LogP contribution in [0, 0.1) is 0 Å². The third kappa shape index (κ3) is 5.56. The predicted molar refractivity (Wildman–Crippen MR) is 275 cm³/mol. The van der Waals surface area contributed by atoms with E-state index in [2.05, 4.69) is 232 Å². The predicted octanol–water partition coefficient (Wildman–Crippen LogP) is 14.6. The van der Waals surface area contributed by atoms with Gasteiger partial charge in [0.15, 0.2) is 0 Å². The molecule has 0 N–H and O–H groups in total. The molecule has 0 fully saturated rings. The number of hydrogen-bond donors (Lipinski definition) is 0. The Morgan fingerprint density at radius 1 is 0.446 bits per heavy atom. The van der Waals surface area contributed by atoms with Crippen LogP contribution in [0.25, 0.3) is 55.3 Å². The summed E-state index contributed by atoms with van der Waals surface area (Å²) < 4.78 is 6.52. The van der Waals surface area contributed by atoms with Gasteiger partial charge in [0.05, 0.1) is 0 Å². The summed E-state index contributed by atoms with van der Waals surface area (Å²) in [6.07, 6.45) is 0. The molecule has 1 aromatic heterocycles. The van der Waals surface area contributed by atoms with Gasteiger partial charge in [-0.05, 0) is 121 Å². The Bertz CT molecular complexity index is 3580. The minimum atomic E-state index is -0.126. The second-order valence-electron chi connectivity index (χ2n) is 19.7. The fourth-order valence-electron chi connectivity index (χ4n) is 11.4. The lowest BCUT2D eigenvalue weighted by Gasteiger charge is -2.44. The molecule has 3 nitrogen and oxygen atoms in total. The van der Waals surface area contributed by atoms with E-state index in [1.807, 2.05) is 6.07 Å². The van der Waals surface area contributed by atoms with Crippen molar-refractivity contribution in [2.24, 2.45) is 0 Å². The molecule has 0 atom stereocenters. The van der Waals surface area contributed by atoms with Gasteiger partial charge in [0.25, 0.3) is 6.71 Å². The molecule has 0 unspecified atom stereocenters. The second-order valence-corrected chi connectivity index (χ2v) is 19.7. The van der Waals surface area contributed by atoms with Crippen molar-refractivity contribution >= 4 is 79.2 Å². The monoisotopic (exact) mass is 834 g/mol. The highest BCUT2D eigenvalue weighted by atomic mass is 16.3. The number of furan rings is 1. The molecule has 1 aliphatic carbocycles. The minimum Gasteiger partial charge on any atom is -0.455 e. The zero-order valence-electron chi connectivity index (χ0n) is 37.4. The standard InChI is InChI=1S/C61H47BN2O/c1-60(2,3)41-28-33-51-56(36-41)63(42-29-25-39(26-30-42)44-19-13-20-48-47-18-10-12-24-57(47)65-59(44)48)54-22-14-23-55-58(54)62(51)52-35-40(38-15-7-6-8-16-38)27-34-53(52)64(55)43-31-32-46-45-17-9-11-21-49(45)61(4,5)50(46)37-43/h6-37H,1-5H3. The first-order chi connectivity index (χ1) is 31.6. The topological polar surface area (TPSA) is 19.6 Å². The summed E-state index contributed by atoms with van der Waals surface area (Å²) in [5, 5.41) is 2.28. The van der Waals surface area contributed by atoms with Crippen LogP contribution in [-0.4, -0.2) is 6.71 Å². The first-order valence-corrected chi connectivity index (χ1v) is 23.0. The molecule has 0 amide bonds. The lowest BCUT2D eigenvalue weighted by atomic mass is 9.33. The van der Waals surface area contributed by atoms with Gasteiger partial charge < -0.3 is 14.2 Å². The van der Waals surface area contributed by atoms with E-state index in [9.17, 15) is 0 Å². The Hall–Kier alpha value is -7.56. The lowest BCUT2D eigenvalue weighted by molar-refractivity contribution is 0.590. The van der Waals surface area contributed by atoms with E-state index in [-0.39, 0.29) is 17.5 Å². The Morgan fingerprint density at radius 3 is 1.92 bits per heavy atom. The molecule has 10 aromatic rings. The van der Waals surface area contributed by atoms with Crippen molar-refractivity contribution in [1.29, 1.82) is 0 Å². The van der Waals surface area contributed by atoms with Gasteiger partial charge in [-0.3, -0.25) is 0 Å². The van der Waals surface area contributed by atoms with Gasteiger partial charge in [-0.15, -0.1) is 0 Å². The molecule has 0 saturated heterocycles. The minimum absolute atomic E-state index is 0.0106. The summed E-state index contributed by atoms with van der Waals surface area (Å²) in [4.78, 5) is 5.07. The van der Waals surface area contributed by atoms with Gasteiger partial charge in [0.2, 0.25) is 0 Å². The Labute approximate surface area is 381 Å². The molecule has 3 heterocycles. The number of benzene rings is 9. The first kappa shape index (κ1) is 38.0. The van der Waals surface area contributed by atoms with Crippen molar-refractivity contribution in [3.8, 4) is 33.4 Å². The fourth-order valence-corrected chi connectivity index (χ4v) is 11.4. The highest BCUT2D eigenvalue weighted by Crippen LogP contribution is 2.52. The summed E-state index contributed by atoms with van der Waals surface area (Å²) in [6.45, 7) is 11.7. The van der Waals surface area contributed by atoms with Crippen LogP contribution < -0.4 is 26.2 Å². The zero-order valence-corrected chi connectivity index (χ0v) is 37.4. The van der Waals surface area contributed by atoms with Crippen molar-refractivity contribution in [3.05, 3.63) is 211 Å². The van der Waals surface area contributed by atoms with Crippen LogP contribution in [0.3, 0.4) is 0 Å². The quantitative estimate of drug-likeness (QED) is 0.165. The van der Waals surface area contributed by atoms with Gasteiger partial charge in [0, 0.05) is 55.9 Å². The van der Waals surface area contributed by atoms with E-state index in [0.29, 0.717) is 0 Å². The van der Waals surface area contributed by atoms with Crippen LogP contribution in [-0.2, 0) is 10.8 Å². The van der Waals surface area contributed by atoms with Gasteiger partial charge in [-0.25, -0.2) is 0 Å². The summed E-state index contributed by atoms with van der Waals surface area (Å²) >= 11 is 0. The first-order valence-electron chi connectivity index (χ1n) is 23.0. The third-order valence-electron chi connectivity index (χ3n) is 14.6. The number of rotatable bonds is 4. The molecule has 310 valence electrons. The Morgan fingerprint density at radius 2 is 1.11 bits per heavy atom. The second kappa shape index (κ2) is 13.7. The van der Waals surface area contributed by atoms with E-state index < -0.39 is 0 Å². The molecule has 65 heavy (non-hydrogen) atoms. The van der Waals surface area contributed by atoms with Gasteiger partial charge in [-0.2, -0.15) is 0 Å². The van der Waals surface area contributed by atoms with E-state index >= 15 is 0 Å². The SMILES string of the molecule is CC(C)(C)c1ccc2c(c1)N(c1ccc(-c3cccc4c3oc3ccccc34)cc1)c1cccc3c1B2c1cc(-c2ccccc2)ccc1N3c1ccc2c(c1)C(C)(C)c1ccccc1-2. The number of hydrogen-bond acceptors (Lipinski definition) is 3. The fraction of sp³-hybridized carbons (Fsp3) is 0.115. The zero-order chi connectivity index (χ0) is 43.8. The van der Waals surface area contributed by atoms with Crippen LogP contribution >= 0.6 is 0 Å². The summed E-state index contributed by atoms with van der Waals surface area (Å²) in [5.41, 5.74) is 24.2. The number of para-hydroxylation sites is 2. The van der Waals surface area contributed by atoms with Crippen LogP contribution in [0.4, 0.5) is 34.1 Å². The summed E-state index contributed by atoms with van der Waals surface area (Å²) in [6, 6.07) is 72.3. The smallest absolute Gasteiger partial charge is 0.252 e. The number of fused-ring (bicyclic) bond motifs is 10. The average molecular weight is 835 g/mol. The van der Waals surface area contributed by atoms with Crippen LogP contribution in [0.15, 0.2) is 199 Å². The van der Waals surface area contributed by atoms with E-state index in [0.717, 1.165) is 38.8 Å². The molecule has 0 radical (unpaired) electrons. The summed E-state index contributed by atoms with van der Waals surface area (Å²) in [7, 11) is 0. The molecule has 4 heteroatoms. The van der Waals surface area contributed by atoms with Crippen molar-refractivity contribution in [2.75, 3.05) is 9.80 Å². The largest absolute Gasteiger partial charge is 0.455 e. The Kier molecular flexibility index (Phi) is 8.01. The molecule has 0 saturated carbocycles. The van der Waals surface area contributed by atoms with Gasteiger partial charge in [-0.1, -0.05) is 174 Å². The lowest BCUT2D eigenvalue weighted by Crippen LogP contribution is -2.61. The number of nitrogens with zero attached hydrogens (tertiary/aromatic N) is 2. The van der Waals surface area contributed by atoms with E-state index in [1.165, 1.54) is 83.8 Å². The Balaban J connectivity index is 1.03. The van der Waals surface area contributed by atoms with Gasteiger partial charge in [0.1, 0.15) is 11.2 Å². The molecule has 0 bridgehead atoms. The van der Waals surface area contributed by atoms with Crippen LogP contribution in [0.2, 0.25) is 0 Å². The number of anilines is 6. The maximum Gasteiger partial charge on any atom is 0.252 e. The van der Waals surface area contributed by atoms with Gasteiger partial charge >= 0.3 is 0 Å².